The Labute approximate surface area is 298 Å². The van der Waals surface area contributed by atoms with Gasteiger partial charge in [-0.1, -0.05) is 0 Å². The van der Waals surface area contributed by atoms with Gasteiger partial charge in [-0.05, 0) is 32.1 Å². The van der Waals surface area contributed by atoms with Crippen molar-refractivity contribution >= 4 is 41.7 Å². The predicted molar refractivity (Wildman–Crippen MR) is 143 cm³/mol. The molecule has 0 aromatic carbocycles. The number of rotatable bonds is 28. The van der Waals surface area contributed by atoms with Gasteiger partial charge in [0.25, 0.3) is 0 Å². The van der Waals surface area contributed by atoms with Gasteiger partial charge in [0.1, 0.15) is 6.04 Å². The summed E-state index contributed by atoms with van der Waals surface area (Å²) in [6.45, 7) is -2.57. The number of carbonyl (C=O) groups is 7. The summed E-state index contributed by atoms with van der Waals surface area (Å²) in [6, 6.07) is -2.00. The first-order valence-electron chi connectivity index (χ1n) is 14.4. The molecule has 20 heteroatoms. The van der Waals surface area contributed by atoms with Crippen molar-refractivity contribution in [1.29, 1.82) is 0 Å². The molecule has 0 spiro atoms. The van der Waals surface area contributed by atoms with Crippen molar-refractivity contribution in [3.8, 4) is 0 Å². The average Bonchev–Trinajstić information content (AvgIpc) is 2.92. The van der Waals surface area contributed by atoms with Crippen LogP contribution in [-0.4, -0.2) is 140 Å². The number of nitrogens with one attached hydrogen (secondary N) is 2. The molecule has 19 nitrogen and oxygen atoms in total. The zero-order valence-corrected chi connectivity index (χ0v) is 27.8. The quantitative estimate of drug-likeness (QED) is 0.0534. The molecule has 0 aliphatic carbocycles. The van der Waals surface area contributed by atoms with E-state index in [2.05, 4.69) is 16.4 Å². The van der Waals surface area contributed by atoms with Crippen molar-refractivity contribution in [3.05, 3.63) is 0 Å². The number of carboxylic acid groups (broad SMARTS) is 5. The number of hydrogen-bond acceptors (Lipinski definition) is 16. The second-order valence-electron chi connectivity index (χ2n) is 10.4. The van der Waals surface area contributed by atoms with Crippen molar-refractivity contribution in [2.75, 3.05) is 72.0 Å². The number of nitrogens with zero attached hydrogens (tertiary/aromatic N) is 3. The predicted octanol–water partition coefficient (Wildman–Crippen LogP) is -10.8. The summed E-state index contributed by atoms with van der Waals surface area (Å²) >= 11 is 0. The van der Waals surface area contributed by atoms with Gasteiger partial charge < -0.3 is 71.6 Å². The SMILES string of the molecule is NC(CCCCNC(=O)CN(CCN(CCN(CC(=O)[O-])CC(=O)NCCCCC([NH3+])C(=O)[O-])CC(=O)[O-])CC(=O)[O-])C(=O)[O-].[Gd+3]. The van der Waals surface area contributed by atoms with E-state index in [0.717, 1.165) is 0 Å². The van der Waals surface area contributed by atoms with Crippen LogP contribution in [0.25, 0.3) is 0 Å². The fourth-order valence-electron chi connectivity index (χ4n) is 4.03. The van der Waals surface area contributed by atoms with E-state index in [4.69, 9.17) is 5.73 Å². The Morgan fingerprint density at radius 3 is 1.30 bits per heavy atom. The van der Waals surface area contributed by atoms with Crippen molar-refractivity contribution in [2.24, 2.45) is 5.73 Å². The molecule has 0 aliphatic heterocycles. The zero-order chi connectivity index (χ0) is 34.4. The van der Waals surface area contributed by atoms with E-state index in [1.165, 1.54) is 14.7 Å². The van der Waals surface area contributed by atoms with Gasteiger partial charge in [-0.15, -0.1) is 0 Å². The Morgan fingerprint density at radius 2 is 0.935 bits per heavy atom. The van der Waals surface area contributed by atoms with Crippen molar-refractivity contribution in [2.45, 2.75) is 50.6 Å². The maximum absolute atomic E-state index is 12.3. The molecule has 0 saturated carbocycles. The molecule has 1 radical (unpaired) electrons. The molecular weight excluding hydrogens is 760 g/mol. The molecule has 0 fully saturated rings. The summed E-state index contributed by atoms with van der Waals surface area (Å²) in [5.41, 5.74) is 8.78. The Balaban J connectivity index is 0. The molecule has 2 unspecified atom stereocenters. The van der Waals surface area contributed by atoms with Crippen LogP contribution in [0.15, 0.2) is 0 Å². The van der Waals surface area contributed by atoms with Crippen LogP contribution in [-0.2, 0) is 33.6 Å². The fraction of sp³-hybridized carbons (Fsp3) is 0.731. The minimum atomic E-state index is -1.48. The maximum atomic E-state index is 12.3. The van der Waals surface area contributed by atoms with Gasteiger partial charge in [0, 0.05) is 71.4 Å². The van der Waals surface area contributed by atoms with E-state index in [-0.39, 0.29) is 105 Å². The number of carboxylic acids is 5. The van der Waals surface area contributed by atoms with E-state index in [1.807, 2.05) is 0 Å². The molecule has 0 aromatic rings. The third-order valence-corrected chi connectivity index (χ3v) is 6.46. The summed E-state index contributed by atoms with van der Waals surface area (Å²) in [7, 11) is 0. The average molecular weight is 803 g/mol. The van der Waals surface area contributed by atoms with Gasteiger partial charge in [-0.25, -0.2) is 0 Å². The van der Waals surface area contributed by atoms with Gasteiger partial charge in [-0.3, -0.25) is 24.3 Å². The van der Waals surface area contributed by atoms with E-state index >= 15 is 0 Å². The summed E-state index contributed by atoms with van der Waals surface area (Å²) in [4.78, 5) is 83.4. The van der Waals surface area contributed by atoms with Gasteiger partial charge in [-0.2, -0.15) is 0 Å². The standard InChI is InChI=1S/C26H47N7O12.Gd/c27-18(25(42)43)5-1-3-7-29-20(34)13-32(16-23(38)39)11-9-31(15-22(36)37)10-12-33(17-24(40)41)14-21(35)30-8-4-2-6-19(28)26(44)45;/h18-19H,1-17,27-28H2,(H,29,34)(H,30,35)(H,36,37)(H,38,39)(H,40,41)(H,42,43)(H,44,45);/q;+3/p-4. The van der Waals surface area contributed by atoms with E-state index in [9.17, 15) is 59.1 Å². The number of quaternary nitrogens is 1. The Bertz CT molecular complexity index is 923. The normalized spacial score (nSPS) is 12.3. The largest absolute Gasteiger partial charge is 3.00 e. The molecule has 0 aliphatic rings. The van der Waals surface area contributed by atoms with Crippen molar-refractivity contribution < 1.29 is 105 Å². The second-order valence-corrected chi connectivity index (χ2v) is 10.4. The minimum Gasteiger partial charge on any atom is -0.549 e. The molecule has 0 bridgehead atoms. The zero-order valence-electron chi connectivity index (χ0n) is 25.6. The van der Waals surface area contributed by atoms with E-state index in [1.54, 1.807) is 0 Å². The van der Waals surface area contributed by atoms with Crippen LogP contribution in [0.4, 0.5) is 0 Å². The number of aliphatic carboxylic acids is 5. The number of nitrogens with two attached hydrogens (primary N) is 1. The number of carbonyl (C=O) groups excluding carboxylic acids is 7. The molecule has 0 saturated heterocycles. The molecule has 2 atom stereocenters. The van der Waals surface area contributed by atoms with Gasteiger partial charge in [0.2, 0.25) is 11.8 Å². The monoisotopic (exact) mass is 803 g/mol. The van der Waals surface area contributed by atoms with E-state index in [0.29, 0.717) is 25.7 Å². The number of hydrogen-bond donors (Lipinski definition) is 4. The van der Waals surface area contributed by atoms with Crippen molar-refractivity contribution in [1.82, 2.24) is 25.3 Å². The molecule has 263 valence electrons. The first kappa shape index (κ1) is 45.5. The third-order valence-electron chi connectivity index (χ3n) is 6.46. The number of unbranched alkanes of at least 4 members (excludes halogenated alkanes) is 2. The van der Waals surface area contributed by atoms with Crippen LogP contribution in [0.3, 0.4) is 0 Å². The first-order chi connectivity index (χ1) is 21.1. The topological polar surface area (TPSA) is 322 Å². The van der Waals surface area contributed by atoms with Crippen LogP contribution < -0.4 is 47.6 Å². The van der Waals surface area contributed by atoms with Crippen molar-refractivity contribution in [3.63, 3.8) is 0 Å². The smallest absolute Gasteiger partial charge is 0.549 e. The van der Waals surface area contributed by atoms with Gasteiger partial charge in [0.05, 0.1) is 42.9 Å². The molecule has 2 amide bonds. The molecule has 0 rings (SSSR count). The van der Waals surface area contributed by atoms with E-state index < -0.39 is 73.4 Å². The maximum Gasteiger partial charge on any atom is 3.00 e. The van der Waals surface area contributed by atoms with Crippen LogP contribution in [0.1, 0.15) is 38.5 Å². The van der Waals surface area contributed by atoms with Gasteiger partial charge >= 0.3 is 39.9 Å². The molecule has 46 heavy (non-hydrogen) atoms. The summed E-state index contributed by atoms with van der Waals surface area (Å²) in [6.07, 6.45) is 2.14. The van der Waals surface area contributed by atoms with Gasteiger partial charge in [0.15, 0.2) is 0 Å². The Hall–Kier alpha value is -2.59. The Kier molecular flexibility index (Phi) is 26.2. The second kappa shape index (κ2) is 26.5. The molecule has 0 aromatic heterocycles. The molecular formula is C26H43GdN7O12-. The summed E-state index contributed by atoms with van der Waals surface area (Å²) in [5.74, 6) is -8.15. The van der Waals surface area contributed by atoms with Crippen LogP contribution in [0, 0.1) is 39.9 Å². The fourth-order valence-corrected chi connectivity index (χ4v) is 4.03. The number of amides is 2. The third kappa shape index (κ3) is 25.6. The first-order valence-corrected chi connectivity index (χ1v) is 14.4. The molecule has 7 N–H and O–H groups in total. The Morgan fingerprint density at radius 1 is 0.565 bits per heavy atom. The van der Waals surface area contributed by atoms with Crippen LogP contribution >= 0.6 is 0 Å². The molecule has 0 heterocycles. The summed E-state index contributed by atoms with van der Waals surface area (Å²) < 4.78 is 0. The van der Waals surface area contributed by atoms with Crippen LogP contribution in [0.2, 0.25) is 0 Å². The van der Waals surface area contributed by atoms with Crippen LogP contribution in [0.5, 0.6) is 0 Å². The minimum absolute atomic E-state index is 0. The summed E-state index contributed by atoms with van der Waals surface area (Å²) in [5, 5.41) is 60.2.